The summed E-state index contributed by atoms with van der Waals surface area (Å²) in [5.41, 5.74) is 0.119. The molecule has 0 aliphatic heterocycles. The SMILES string of the molecule is CCC1(C(O)Cc2ncnn2C(C)C)CCCC1. The maximum absolute atomic E-state index is 10.6. The zero-order chi connectivity index (χ0) is 13.2. The fourth-order valence-electron chi connectivity index (χ4n) is 3.24. The van der Waals surface area contributed by atoms with Crippen molar-refractivity contribution in [3.05, 3.63) is 12.2 Å². The molecule has 1 N–H and O–H groups in total. The van der Waals surface area contributed by atoms with Gasteiger partial charge >= 0.3 is 0 Å². The monoisotopic (exact) mass is 251 g/mol. The summed E-state index contributed by atoms with van der Waals surface area (Å²) >= 11 is 0. The van der Waals surface area contributed by atoms with Crippen LogP contribution < -0.4 is 0 Å². The van der Waals surface area contributed by atoms with Gasteiger partial charge < -0.3 is 5.11 Å². The molecule has 1 unspecified atom stereocenters. The zero-order valence-corrected chi connectivity index (χ0v) is 11.8. The topological polar surface area (TPSA) is 50.9 Å². The first kappa shape index (κ1) is 13.5. The Bertz CT molecular complexity index is 380. The summed E-state index contributed by atoms with van der Waals surface area (Å²) in [6.45, 7) is 6.38. The molecule has 1 heterocycles. The summed E-state index contributed by atoms with van der Waals surface area (Å²) in [4.78, 5) is 4.31. The van der Waals surface area contributed by atoms with Crippen molar-refractivity contribution in [3.63, 3.8) is 0 Å². The average molecular weight is 251 g/mol. The van der Waals surface area contributed by atoms with Crippen LogP contribution >= 0.6 is 0 Å². The van der Waals surface area contributed by atoms with Gasteiger partial charge in [-0.25, -0.2) is 9.67 Å². The van der Waals surface area contributed by atoms with E-state index in [1.54, 1.807) is 6.33 Å². The highest BCUT2D eigenvalue weighted by molar-refractivity contribution is 4.97. The normalized spacial score (nSPS) is 20.5. The minimum absolute atomic E-state index is 0.119. The van der Waals surface area contributed by atoms with Crippen LogP contribution in [0, 0.1) is 5.41 Å². The van der Waals surface area contributed by atoms with Gasteiger partial charge in [0, 0.05) is 12.5 Å². The Balaban J connectivity index is 2.10. The largest absolute Gasteiger partial charge is 0.392 e. The van der Waals surface area contributed by atoms with Crippen molar-refractivity contribution >= 4 is 0 Å². The predicted octanol–water partition coefficient (Wildman–Crippen LogP) is 2.73. The van der Waals surface area contributed by atoms with Gasteiger partial charge in [0.15, 0.2) is 0 Å². The smallest absolute Gasteiger partial charge is 0.138 e. The van der Waals surface area contributed by atoms with E-state index in [1.165, 1.54) is 12.8 Å². The first-order chi connectivity index (χ1) is 8.59. The van der Waals surface area contributed by atoms with E-state index in [2.05, 4.69) is 30.9 Å². The summed E-state index contributed by atoms with van der Waals surface area (Å²) in [6.07, 6.45) is 7.81. The number of hydrogen-bond donors (Lipinski definition) is 1. The first-order valence-corrected chi connectivity index (χ1v) is 7.15. The summed E-state index contributed by atoms with van der Waals surface area (Å²) in [5.74, 6) is 0.914. The minimum Gasteiger partial charge on any atom is -0.392 e. The molecule has 1 aromatic rings. The molecule has 4 nitrogen and oxygen atoms in total. The third-order valence-corrected chi connectivity index (χ3v) is 4.52. The van der Waals surface area contributed by atoms with Crippen molar-refractivity contribution in [2.75, 3.05) is 0 Å². The summed E-state index contributed by atoms with van der Waals surface area (Å²) in [5, 5.41) is 14.8. The molecule has 0 amide bonds. The number of aliphatic hydroxyl groups excluding tert-OH is 1. The van der Waals surface area contributed by atoms with E-state index < -0.39 is 0 Å². The molecular weight excluding hydrogens is 226 g/mol. The molecule has 4 heteroatoms. The van der Waals surface area contributed by atoms with E-state index in [4.69, 9.17) is 0 Å². The van der Waals surface area contributed by atoms with Gasteiger partial charge in [0.25, 0.3) is 0 Å². The Hall–Kier alpha value is -0.900. The van der Waals surface area contributed by atoms with Crippen LogP contribution in [0.3, 0.4) is 0 Å². The minimum atomic E-state index is -0.285. The van der Waals surface area contributed by atoms with Crippen LogP contribution in [-0.4, -0.2) is 26.0 Å². The summed E-state index contributed by atoms with van der Waals surface area (Å²) in [6, 6.07) is 0.302. The Kier molecular flexibility index (Phi) is 4.05. The second kappa shape index (κ2) is 5.39. The zero-order valence-electron chi connectivity index (χ0n) is 11.8. The highest BCUT2D eigenvalue weighted by Crippen LogP contribution is 2.44. The maximum Gasteiger partial charge on any atom is 0.138 e. The number of rotatable bonds is 5. The summed E-state index contributed by atoms with van der Waals surface area (Å²) < 4.78 is 1.92. The van der Waals surface area contributed by atoms with Gasteiger partial charge in [0.1, 0.15) is 12.2 Å². The van der Waals surface area contributed by atoms with Crippen molar-refractivity contribution in [1.82, 2.24) is 14.8 Å². The quantitative estimate of drug-likeness (QED) is 0.875. The Labute approximate surface area is 109 Å². The molecule has 0 radical (unpaired) electrons. The van der Waals surface area contributed by atoms with Crippen LogP contribution in [0.15, 0.2) is 6.33 Å². The highest BCUT2D eigenvalue weighted by Gasteiger charge is 2.39. The molecule has 1 atom stereocenters. The van der Waals surface area contributed by atoms with Gasteiger partial charge in [0.05, 0.1) is 6.10 Å². The third kappa shape index (κ3) is 2.44. The Morgan fingerprint density at radius 2 is 2.06 bits per heavy atom. The van der Waals surface area contributed by atoms with Crippen LogP contribution in [-0.2, 0) is 6.42 Å². The van der Waals surface area contributed by atoms with E-state index in [9.17, 15) is 5.11 Å². The van der Waals surface area contributed by atoms with Gasteiger partial charge in [-0.3, -0.25) is 0 Å². The van der Waals surface area contributed by atoms with Crippen molar-refractivity contribution in [1.29, 1.82) is 0 Å². The van der Waals surface area contributed by atoms with Crippen molar-refractivity contribution in [3.8, 4) is 0 Å². The second-order valence-electron chi connectivity index (χ2n) is 5.86. The van der Waals surface area contributed by atoms with Crippen LogP contribution in [0.5, 0.6) is 0 Å². The number of hydrogen-bond acceptors (Lipinski definition) is 3. The Morgan fingerprint density at radius 3 is 2.61 bits per heavy atom. The van der Waals surface area contributed by atoms with Gasteiger partial charge in [-0.15, -0.1) is 0 Å². The van der Waals surface area contributed by atoms with Crippen molar-refractivity contribution in [2.24, 2.45) is 5.41 Å². The number of nitrogens with zero attached hydrogens (tertiary/aromatic N) is 3. The molecule has 0 bridgehead atoms. The highest BCUT2D eigenvalue weighted by atomic mass is 16.3. The van der Waals surface area contributed by atoms with Gasteiger partial charge in [-0.05, 0) is 38.5 Å². The summed E-state index contributed by atoms with van der Waals surface area (Å²) in [7, 11) is 0. The van der Waals surface area contributed by atoms with Gasteiger partial charge in [-0.2, -0.15) is 5.10 Å². The van der Waals surface area contributed by atoms with E-state index >= 15 is 0 Å². The maximum atomic E-state index is 10.6. The lowest BCUT2D eigenvalue weighted by Crippen LogP contribution is -2.34. The van der Waals surface area contributed by atoms with Crippen LogP contribution in [0.1, 0.15) is 64.7 Å². The predicted molar refractivity (Wildman–Crippen MR) is 71.3 cm³/mol. The number of aromatic nitrogens is 3. The molecule has 0 aromatic carbocycles. The van der Waals surface area contributed by atoms with Crippen molar-refractivity contribution < 1.29 is 5.11 Å². The molecule has 1 aliphatic rings. The molecule has 1 aromatic heterocycles. The average Bonchev–Trinajstić information content (AvgIpc) is 2.97. The molecule has 18 heavy (non-hydrogen) atoms. The molecule has 2 rings (SSSR count). The molecule has 1 aliphatic carbocycles. The first-order valence-electron chi connectivity index (χ1n) is 7.15. The van der Waals surface area contributed by atoms with E-state index in [1.807, 2.05) is 4.68 Å². The van der Waals surface area contributed by atoms with Crippen LogP contribution in [0.2, 0.25) is 0 Å². The molecular formula is C14H25N3O. The lowest BCUT2D eigenvalue weighted by molar-refractivity contribution is 0.0233. The van der Waals surface area contributed by atoms with Crippen molar-refractivity contribution in [2.45, 2.75) is 71.4 Å². The molecule has 102 valence electrons. The van der Waals surface area contributed by atoms with E-state index in [0.717, 1.165) is 25.1 Å². The number of aliphatic hydroxyl groups is 1. The molecule has 0 spiro atoms. The van der Waals surface area contributed by atoms with Crippen LogP contribution in [0.4, 0.5) is 0 Å². The molecule has 1 fully saturated rings. The Morgan fingerprint density at radius 1 is 1.39 bits per heavy atom. The lowest BCUT2D eigenvalue weighted by Gasteiger charge is -2.33. The molecule has 1 saturated carbocycles. The van der Waals surface area contributed by atoms with Gasteiger partial charge in [0.2, 0.25) is 0 Å². The fourth-order valence-corrected chi connectivity index (χ4v) is 3.24. The second-order valence-corrected chi connectivity index (χ2v) is 5.86. The third-order valence-electron chi connectivity index (χ3n) is 4.52. The molecule has 0 saturated heterocycles. The van der Waals surface area contributed by atoms with Crippen LogP contribution in [0.25, 0.3) is 0 Å². The fraction of sp³-hybridized carbons (Fsp3) is 0.857. The van der Waals surface area contributed by atoms with E-state index in [-0.39, 0.29) is 11.5 Å². The van der Waals surface area contributed by atoms with Gasteiger partial charge in [-0.1, -0.05) is 19.8 Å². The van der Waals surface area contributed by atoms with E-state index in [0.29, 0.717) is 12.5 Å². The standard InChI is InChI=1S/C14H25N3O/c1-4-14(7-5-6-8-14)12(18)9-13-15-10-16-17(13)11(2)3/h10-12,18H,4-9H2,1-3H3. The lowest BCUT2D eigenvalue weighted by atomic mass is 9.76.